The second-order valence-electron chi connectivity index (χ2n) is 17.4. The number of hydrogen-bond donors (Lipinski definition) is 0. The molecule has 0 spiro atoms. The van der Waals surface area contributed by atoms with Gasteiger partial charge in [0.15, 0.2) is 11.5 Å². The maximum absolute atomic E-state index is 6.65. The summed E-state index contributed by atoms with van der Waals surface area (Å²) in [6, 6.07) is 66.9. The molecule has 0 fully saturated rings. The van der Waals surface area contributed by atoms with E-state index in [0.717, 1.165) is 39.9 Å². The van der Waals surface area contributed by atoms with Gasteiger partial charge in [0.1, 0.15) is 0 Å². The minimum atomic E-state index is -0.259. The molecule has 0 N–H and O–H groups in total. The molecule has 3 nitrogen and oxygen atoms in total. The molecule has 0 bridgehead atoms. The van der Waals surface area contributed by atoms with Crippen molar-refractivity contribution in [2.75, 3.05) is 9.80 Å². The number of fused-ring (bicyclic) bond motifs is 10. The third-order valence-corrected chi connectivity index (χ3v) is 13.4. The van der Waals surface area contributed by atoms with E-state index in [4.69, 9.17) is 4.74 Å². The SMILES string of the molecule is CC1(C)c2ccccc2-c2ccc(N(c3ccc(-c4ccc5c(c4)C(C)(C)c4cccc6c4N5c4c(ccc5ccccc45)O6)cc3)c3cccc4ccccc34)cc21. The average Bonchev–Trinajstić information content (AvgIpc) is 3.50. The van der Waals surface area contributed by atoms with Crippen molar-refractivity contribution in [2.24, 2.45) is 0 Å². The van der Waals surface area contributed by atoms with Crippen molar-refractivity contribution in [3.8, 4) is 33.8 Å². The monoisotopic (exact) mass is 758 g/mol. The molecule has 0 saturated carbocycles. The molecular formula is C56H42N2O. The van der Waals surface area contributed by atoms with Gasteiger partial charge in [-0.3, -0.25) is 0 Å². The number of nitrogens with zero attached hydrogens (tertiary/aromatic N) is 2. The molecule has 12 rings (SSSR count). The van der Waals surface area contributed by atoms with Crippen LogP contribution in [-0.2, 0) is 10.8 Å². The van der Waals surface area contributed by atoms with Crippen molar-refractivity contribution in [3.05, 3.63) is 204 Å². The van der Waals surface area contributed by atoms with Crippen LogP contribution in [-0.4, -0.2) is 0 Å². The topological polar surface area (TPSA) is 15.7 Å². The quantitative estimate of drug-likeness (QED) is 0.178. The normalized spacial score (nSPS) is 14.8. The molecule has 1 aliphatic carbocycles. The number of hydrogen-bond acceptors (Lipinski definition) is 3. The molecule has 0 saturated heterocycles. The van der Waals surface area contributed by atoms with Crippen LogP contribution in [0.3, 0.4) is 0 Å². The molecule has 0 aromatic heterocycles. The number of benzene rings is 9. The molecule has 0 unspecified atom stereocenters. The molecule has 0 amide bonds. The van der Waals surface area contributed by atoms with E-state index in [1.54, 1.807) is 0 Å². The molecule has 0 radical (unpaired) electrons. The lowest BCUT2D eigenvalue weighted by Gasteiger charge is -2.45. The van der Waals surface area contributed by atoms with Gasteiger partial charge in [-0.1, -0.05) is 155 Å². The van der Waals surface area contributed by atoms with Gasteiger partial charge in [-0.05, 0) is 110 Å². The standard InChI is InChI=1S/C56H42N2O/c1-55(2)45-19-10-9-18-43(45)44-30-29-40(34-47(44)55)57(49-21-11-15-36-13-5-7-16-41(36)49)39-27-23-35(24-28-39)38-25-31-50-48(33-38)56(3,4)46-20-12-22-51-54(46)58(50)53-42-17-8-6-14-37(42)26-32-52(53)59-51/h5-34H,1-4H3. The first kappa shape index (κ1) is 34.0. The van der Waals surface area contributed by atoms with Crippen LogP contribution >= 0.6 is 0 Å². The van der Waals surface area contributed by atoms with Crippen molar-refractivity contribution in [3.63, 3.8) is 0 Å². The van der Waals surface area contributed by atoms with Crippen molar-refractivity contribution < 1.29 is 4.74 Å². The van der Waals surface area contributed by atoms with Crippen LogP contribution in [0.2, 0.25) is 0 Å². The van der Waals surface area contributed by atoms with Crippen LogP contribution in [0, 0.1) is 0 Å². The Morgan fingerprint density at radius 1 is 0.424 bits per heavy atom. The van der Waals surface area contributed by atoms with E-state index in [1.165, 1.54) is 71.7 Å². The summed E-state index contributed by atoms with van der Waals surface area (Å²) in [5.74, 6) is 1.78. The number of para-hydroxylation sites is 1. The molecule has 9 aromatic carbocycles. The molecule has 3 heteroatoms. The molecule has 0 atom stereocenters. The smallest absolute Gasteiger partial charge is 0.152 e. The summed E-state index contributed by atoms with van der Waals surface area (Å²) < 4.78 is 6.65. The van der Waals surface area contributed by atoms with Crippen LogP contribution in [0.15, 0.2) is 182 Å². The van der Waals surface area contributed by atoms with Crippen molar-refractivity contribution in [1.82, 2.24) is 0 Å². The predicted molar refractivity (Wildman–Crippen MR) is 246 cm³/mol. The lowest BCUT2D eigenvalue weighted by Crippen LogP contribution is -2.32. The highest BCUT2D eigenvalue weighted by Crippen LogP contribution is 2.61. The maximum Gasteiger partial charge on any atom is 0.152 e. The summed E-state index contributed by atoms with van der Waals surface area (Å²) in [6.07, 6.45) is 0. The van der Waals surface area contributed by atoms with E-state index in [0.29, 0.717) is 0 Å². The fourth-order valence-corrected chi connectivity index (χ4v) is 10.4. The van der Waals surface area contributed by atoms with E-state index in [1.807, 2.05) is 0 Å². The van der Waals surface area contributed by atoms with E-state index in [2.05, 4.69) is 219 Å². The zero-order chi connectivity index (χ0) is 39.6. The van der Waals surface area contributed by atoms with Crippen molar-refractivity contribution >= 4 is 55.7 Å². The molecule has 2 heterocycles. The van der Waals surface area contributed by atoms with Gasteiger partial charge in [0, 0.05) is 33.0 Å². The summed E-state index contributed by atoms with van der Waals surface area (Å²) in [4.78, 5) is 4.90. The third-order valence-electron chi connectivity index (χ3n) is 13.4. The Kier molecular flexibility index (Phi) is 7.03. The number of ether oxygens (including phenoxy) is 1. The minimum absolute atomic E-state index is 0.102. The molecule has 3 aliphatic rings. The second-order valence-corrected chi connectivity index (χ2v) is 17.4. The van der Waals surface area contributed by atoms with Gasteiger partial charge in [0.25, 0.3) is 0 Å². The first-order chi connectivity index (χ1) is 28.8. The van der Waals surface area contributed by atoms with E-state index >= 15 is 0 Å². The largest absolute Gasteiger partial charge is 0.453 e. The summed E-state index contributed by atoms with van der Waals surface area (Å²) in [5.41, 5.74) is 16.9. The van der Waals surface area contributed by atoms with Crippen LogP contribution in [0.5, 0.6) is 11.5 Å². The Labute approximate surface area is 345 Å². The highest BCUT2D eigenvalue weighted by molar-refractivity contribution is 6.06. The minimum Gasteiger partial charge on any atom is -0.453 e. The van der Waals surface area contributed by atoms with Gasteiger partial charge in [0.2, 0.25) is 0 Å². The third kappa shape index (κ3) is 4.82. The van der Waals surface area contributed by atoms with Gasteiger partial charge in [-0.15, -0.1) is 0 Å². The Morgan fingerprint density at radius 2 is 1.05 bits per heavy atom. The zero-order valence-electron chi connectivity index (χ0n) is 33.6. The number of rotatable bonds is 4. The van der Waals surface area contributed by atoms with Crippen LogP contribution in [0.25, 0.3) is 43.8 Å². The van der Waals surface area contributed by atoms with E-state index in [9.17, 15) is 0 Å². The first-order valence-electron chi connectivity index (χ1n) is 20.7. The lowest BCUT2D eigenvalue weighted by atomic mass is 9.72. The predicted octanol–water partition coefficient (Wildman–Crippen LogP) is 15.7. The number of anilines is 6. The van der Waals surface area contributed by atoms with Crippen molar-refractivity contribution in [2.45, 2.75) is 38.5 Å². The Bertz CT molecular complexity index is 3200. The fraction of sp³-hybridized carbons (Fsp3) is 0.107. The Morgan fingerprint density at radius 3 is 1.90 bits per heavy atom. The van der Waals surface area contributed by atoms with Gasteiger partial charge >= 0.3 is 0 Å². The van der Waals surface area contributed by atoms with Crippen LogP contribution < -0.4 is 14.5 Å². The van der Waals surface area contributed by atoms with E-state index in [-0.39, 0.29) is 10.8 Å². The average molecular weight is 759 g/mol. The molecular weight excluding hydrogens is 717 g/mol. The Balaban J connectivity index is 0.988. The summed E-state index contributed by atoms with van der Waals surface area (Å²) in [7, 11) is 0. The van der Waals surface area contributed by atoms with Gasteiger partial charge in [-0.2, -0.15) is 0 Å². The Hall–Kier alpha value is -7.10. The fourth-order valence-electron chi connectivity index (χ4n) is 10.4. The zero-order valence-corrected chi connectivity index (χ0v) is 33.6. The van der Waals surface area contributed by atoms with Gasteiger partial charge in [0.05, 0.1) is 22.7 Å². The van der Waals surface area contributed by atoms with Crippen molar-refractivity contribution in [1.29, 1.82) is 0 Å². The van der Waals surface area contributed by atoms with Gasteiger partial charge < -0.3 is 14.5 Å². The highest BCUT2D eigenvalue weighted by Gasteiger charge is 2.42. The second kappa shape index (κ2) is 12.2. The first-order valence-corrected chi connectivity index (χ1v) is 20.7. The lowest BCUT2D eigenvalue weighted by molar-refractivity contribution is 0.472. The van der Waals surface area contributed by atoms with Crippen LogP contribution in [0.1, 0.15) is 49.9 Å². The summed E-state index contributed by atoms with van der Waals surface area (Å²) in [6.45, 7) is 9.41. The molecule has 59 heavy (non-hydrogen) atoms. The summed E-state index contributed by atoms with van der Waals surface area (Å²) >= 11 is 0. The van der Waals surface area contributed by atoms with E-state index < -0.39 is 0 Å². The molecule has 9 aromatic rings. The molecule has 282 valence electrons. The summed E-state index contributed by atoms with van der Waals surface area (Å²) in [5, 5.41) is 4.83. The highest BCUT2D eigenvalue weighted by atomic mass is 16.5. The van der Waals surface area contributed by atoms with Gasteiger partial charge in [-0.25, -0.2) is 0 Å². The maximum atomic E-state index is 6.65. The van der Waals surface area contributed by atoms with Crippen LogP contribution in [0.4, 0.5) is 34.1 Å². The molecule has 2 aliphatic heterocycles.